The number of carbonyl (C=O) groups excluding carboxylic acids is 1. The van der Waals surface area contributed by atoms with E-state index in [1.807, 2.05) is 31.2 Å². The summed E-state index contributed by atoms with van der Waals surface area (Å²) in [6.45, 7) is 5.83. The zero-order valence-electron chi connectivity index (χ0n) is 9.03. The lowest BCUT2D eigenvalue weighted by molar-refractivity contribution is -0.142. The van der Waals surface area contributed by atoms with Crippen LogP contribution in [0.25, 0.3) is 0 Å². The maximum atomic E-state index is 11.2. The first-order valence-corrected chi connectivity index (χ1v) is 5.05. The largest absolute Gasteiger partial charge is 0.461 e. The molecule has 15 heavy (non-hydrogen) atoms. The normalized spacial score (nSPS) is 9.67. The first kappa shape index (κ1) is 11.5. The van der Waals surface area contributed by atoms with Gasteiger partial charge in [0, 0.05) is 6.42 Å². The van der Waals surface area contributed by atoms with Gasteiger partial charge in [0.05, 0.1) is 0 Å². The third kappa shape index (κ3) is 3.98. The molecule has 0 amide bonds. The summed E-state index contributed by atoms with van der Waals surface area (Å²) >= 11 is 0. The van der Waals surface area contributed by atoms with Gasteiger partial charge in [-0.25, -0.2) is 0 Å². The predicted molar refractivity (Wildman–Crippen MR) is 60.7 cm³/mol. The molecule has 0 unspecified atom stereocenters. The van der Waals surface area contributed by atoms with Crippen LogP contribution >= 0.6 is 0 Å². The van der Waals surface area contributed by atoms with Gasteiger partial charge in [-0.2, -0.15) is 0 Å². The van der Waals surface area contributed by atoms with Crippen LogP contribution in [0.15, 0.2) is 36.9 Å². The van der Waals surface area contributed by atoms with Crippen LogP contribution in [0.2, 0.25) is 0 Å². The molecule has 80 valence electrons. The standard InChI is InChI=1S/C13H16O2/c1-3-10-15-13(14)9-8-12-7-5-4-6-11(12)2/h3-7H,1,8-10H2,2H3. The molecular formula is C13H16O2. The molecular weight excluding hydrogens is 188 g/mol. The zero-order chi connectivity index (χ0) is 11.1. The smallest absolute Gasteiger partial charge is 0.306 e. The van der Waals surface area contributed by atoms with Gasteiger partial charge in [-0.1, -0.05) is 36.9 Å². The summed E-state index contributed by atoms with van der Waals surface area (Å²) < 4.78 is 4.90. The quantitative estimate of drug-likeness (QED) is 0.544. The Morgan fingerprint density at radius 1 is 1.47 bits per heavy atom. The predicted octanol–water partition coefficient (Wildman–Crippen LogP) is 2.66. The van der Waals surface area contributed by atoms with Gasteiger partial charge in [-0.05, 0) is 24.5 Å². The van der Waals surface area contributed by atoms with Crippen molar-refractivity contribution in [3.8, 4) is 0 Å². The Balaban J connectivity index is 2.40. The number of benzene rings is 1. The number of hydrogen-bond acceptors (Lipinski definition) is 2. The van der Waals surface area contributed by atoms with Gasteiger partial charge in [0.15, 0.2) is 0 Å². The monoisotopic (exact) mass is 204 g/mol. The van der Waals surface area contributed by atoms with Crippen molar-refractivity contribution in [2.24, 2.45) is 0 Å². The maximum Gasteiger partial charge on any atom is 0.306 e. The second kappa shape index (κ2) is 6.02. The number of carbonyl (C=O) groups is 1. The van der Waals surface area contributed by atoms with Crippen LogP contribution in [-0.2, 0) is 16.0 Å². The van der Waals surface area contributed by atoms with Crippen molar-refractivity contribution in [3.05, 3.63) is 48.0 Å². The summed E-state index contributed by atoms with van der Waals surface area (Å²) in [5, 5.41) is 0. The minimum absolute atomic E-state index is 0.168. The topological polar surface area (TPSA) is 26.3 Å². The van der Waals surface area contributed by atoms with Crippen molar-refractivity contribution in [3.63, 3.8) is 0 Å². The number of rotatable bonds is 5. The molecule has 0 bridgehead atoms. The van der Waals surface area contributed by atoms with E-state index in [4.69, 9.17) is 4.74 Å². The second-order valence-electron chi connectivity index (χ2n) is 3.40. The zero-order valence-corrected chi connectivity index (χ0v) is 9.03. The van der Waals surface area contributed by atoms with E-state index in [0.717, 1.165) is 6.42 Å². The molecule has 1 aromatic carbocycles. The first-order chi connectivity index (χ1) is 7.24. The second-order valence-corrected chi connectivity index (χ2v) is 3.40. The Morgan fingerprint density at radius 3 is 2.87 bits per heavy atom. The molecule has 1 rings (SSSR count). The average Bonchev–Trinajstić information content (AvgIpc) is 2.25. The van der Waals surface area contributed by atoms with Crippen LogP contribution in [0.3, 0.4) is 0 Å². The molecule has 0 spiro atoms. The lowest BCUT2D eigenvalue weighted by atomic mass is 10.0. The third-order valence-corrected chi connectivity index (χ3v) is 2.22. The summed E-state index contributed by atoms with van der Waals surface area (Å²) in [7, 11) is 0. The van der Waals surface area contributed by atoms with Crippen molar-refractivity contribution < 1.29 is 9.53 Å². The van der Waals surface area contributed by atoms with Gasteiger partial charge >= 0.3 is 5.97 Å². The number of aryl methyl sites for hydroxylation is 2. The van der Waals surface area contributed by atoms with Gasteiger partial charge in [0.1, 0.15) is 6.61 Å². The molecule has 0 saturated carbocycles. The maximum absolute atomic E-state index is 11.2. The van der Waals surface area contributed by atoms with E-state index in [0.29, 0.717) is 13.0 Å². The van der Waals surface area contributed by atoms with Crippen LogP contribution in [0.1, 0.15) is 17.5 Å². The third-order valence-electron chi connectivity index (χ3n) is 2.22. The van der Waals surface area contributed by atoms with E-state index >= 15 is 0 Å². The molecule has 2 nitrogen and oxygen atoms in total. The summed E-state index contributed by atoms with van der Waals surface area (Å²) in [4.78, 5) is 11.2. The highest BCUT2D eigenvalue weighted by atomic mass is 16.5. The molecule has 0 radical (unpaired) electrons. The van der Waals surface area contributed by atoms with Crippen molar-refractivity contribution in [1.82, 2.24) is 0 Å². The van der Waals surface area contributed by atoms with Gasteiger partial charge < -0.3 is 4.74 Å². The lowest BCUT2D eigenvalue weighted by Gasteiger charge is -2.04. The molecule has 0 heterocycles. The molecule has 0 aliphatic heterocycles. The Hall–Kier alpha value is -1.57. The van der Waals surface area contributed by atoms with E-state index in [1.165, 1.54) is 11.1 Å². The molecule has 0 aliphatic rings. The van der Waals surface area contributed by atoms with E-state index in [1.54, 1.807) is 6.08 Å². The fourth-order valence-corrected chi connectivity index (χ4v) is 1.35. The van der Waals surface area contributed by atoms with Crippen LogP contribution in [0, 0.1) is 6.92 Å². The van der Waals surface area contributed by atoms with Crippen molar-refractivity contribution in [1.29, 1.82) is 0 Å². The number of hydrogen-bond donors (Lipinski definition) is 0. The fourth-order valence-electron chi connectivity index (χ4n) is 1.35. The van der Waals surface area contributed by atoms with Gasteiger partial charge in [0.25, 0.3) is 0 Å². The molecule has 2 heteroatoms. The van der Waals surface area contributed by atoms with Crippen molar-refractivity contribution in [2.45, 2.75) is 19.8 Å². The number of esters is 1. The van der Waals surface area contributed by atoms with Crippen molar-refractivity contribution >= 4 is 5.97 Å². The van der Waals surface area contributed by atoms with Crippen molar-refractivity contribution in [2.75, 3.05) is 6.61 Å². The van der Waals surface area contributed by atoms with E-state index < -0.39 is 0 Å². The summed E-state index contributed by atoms with van der Waals surface area (Å²) in [5.41, 5.74) is 2.42. The molecule has 1 aromatic rings. The molecule has 0 atom stereocenters. The minimum Gasteiger partial charge on any atom is -0.461 e. The van der Waals surface area contributed by atoms with Gasteiger partial charge in [-0.15, -0.1) is 0 Å². The summed E-state index contributed by atoms with van der Waals surface area (Å²) in [6, 6.07) is 8.06. The van der Waals surface area contributed by atoms with Gasteiger partial charge in [-0.3, -0.25) is 4.79 Å². The Kier molecular flexibility index (Phi) is 4.61. The molecule has 0 aliphatic carbocycles. The highest BCUT2D eigenvalue weighted by molar-refractivity contribution is 5.69. The Morgan fingerprint density at radius 2 is 2.20 bits per heavy atom. The average molecular weight is 204 g/mol. The molecule has 0 N–H and O–H groups in total. The Bertz CT molecular complexity index is 342. The van der Waals surface area contributed by atoms with Crippen LogP contribution in [-0.4, -0.2) is 12.6 Å². The summed E-state index contributed by atoms with van der Waals surface area (Å²) in [5.74, 6) is -0.168. The number of ether oxygens (including phenoxy) is 1. The van der Waals surface area contributed by atoms with Crippen LogP contribution < -0.4 is 0 Å². The van der Waals surface area contributed by atoms with E-state index in [-0.39, 0.29) is 5.97 Å². The van der Waals surface area contributed by atoms with Gasteiger partial charge in [0.2, 0.25) is 0 Å². The molecule has 0 fully saturated rings. The fraction of sp³-hybridized carbons (Fsp3) is 0.308. The lowest BCUT2D eigenvalue weighted by Crippen LogP contribution is -2.06. The highest BCUT2D eigenvalue weighted by Gasteiger charge is 2.03. The molecule has 0 saturated heterocycles. The summed E-state index contributed by atoms with van der Waals surface area (Å²) in [6.07, 6.45) is 2.74. The van der Waals surface area contributed by atoms with E-state index in [2.05, 4.69) is 6.58 Å². The minimum atomic E-state index is -0.168. The highest BCUT2D eigenvalue weighted by Crippen LogP contribution is 2.09. The first-order valence-electron chi connectivity index (χ1n) is 5.05. The SMILES string of the molecule is C=CCOC(=O)CCc1ccccc1C. The molecule has 0 aromatic heterocycles. The van der Waals surface area contributed by atoms with Crippen LogP contribution in [0.5, 0.6) is 0 Å². The van der Waals surface area contributed by atoms with E-state index in [9.17, 15) is 4.79 Å². The van der Waals surface area contributed by atoms with Crippen LogP contribution in [0.4, 0.5) is 0 Å². The Labute approximate surface area is 90.6 Å².